The van der Waals surface area contributed by atoms with Gasteiger partial charge in [-0.2, -0.15) is 0 Å². The van der Waals surface area contributed by atoms with Crippen LogP contribution in [-0.4, -0.2) is 28.9 Å². The first-order valence-electron chi connectivity index (χ1n) is 14.4. The number of hydrogen-bond acceptors (Lipinski definition) is 4. The number of hydrogen-bond donors (Lipinski definition) is 1. The number of carboxylic acid groups (broad SMARTS) is 1. The van der Waals surface area contributed by atoms with E-state index in [9.17, 15) is 19.5 Å². The number of carbonyl (C=O) groups excluding carboxylic acids is 2. The van der Waals surface area contributed by atoms with Crippen molar-refractivity contribution in [1.29, 1.82) is 0 Å². The fraction of sp³-hybridized carbons (Fsp3) is 0.781. The molecule has 3 saturated carbocycles. The number of ketones is 1. The van der Waals surface area contributed by atoms with Crippen molar-refractivity contribution in [2.24, 2.45) is 44.3 Å². The zero-order valence-corrected chi connectivity index (χ0v) is 24.1. The largest absolute Gasteiger partial charge is 0.481 e. The zero-order valence-electron chi connectivity index (χ0n) is 24.1. The lowest BCUT2D eigenvalue weighted by molar-refractivity contribution is -0.206. The summed E-state index contributed by atoms with van der Waals surface area (Å²) in [5.74, 6) is -0.589. The molecule has 0 aromatic carbocycles. The van der Waals surface area contributed by atoms with Crippen LogP contribution in [0, 0.1) is 44.3 Å². The van der Waals surface area contributed by atoms with Crippen molar-refractivity contribution >= 4 is 17.7 Å². The minimum Gasteiger partial charge on any atom is -0.481 e. The summed E-state index contributed by atoms with van der Waals surface area (Å²) in [5.41, 5.74) is 0.509. The summed E-state index contributed by atoms with van der Waals surface area (Å²) >= 11 is 0. The molecule has 8 atom stereocenters. The van der Waals surface area contributed by atoms with Gasteiger partial charge in [-0.15, -0.1) is 0 Å². The van der Waals surface area contributed by atoms with Crippen LogP contribution in [0.5, 0.6) is 0 Å². The molecule has 5 aliphatic rings. The maximum atomic E-state index is 14.3. The van der Waals surface area contributed by atoms with Crippen LogP contribution in [-0.2, 0) is 19.1 Å². The number of fused-ring (bicyclic) bond motifs is 7. The van der Waals surface area contributed by atoms with Gasteiger partial charge in [0.2, 0.25) is 0 Å². The van der Waals surface area contributed by atoms with E-state index in [1.807, 2.05) is 19.1 Å². The molecule has 0 saturated heterocycles. The third-order valence-corrected chi connectivity index (χ3v) is 12.7. The van der Waals surface area contributed by atoms with E-state index in [4.69, 9.17) is 4.74 Å². The molecule has 0 aliphatic heterocycles. The van der Waals surface area contributed by atoms with E-state index >= 15 is 0 Å². The quantitative estimate of drug-likeness (QED) is 0.409. The molecule has 5 aliphatic carbocycles. The molecule has 5 rings (SSSR count). The molecule has 3 fully saturated rings. The van der Waals surface area contributed by atoms with Crippen LogP contribution in [0.2, 0.25) is 0 Å². The van der Waals surface area contributed by atoms with Gasteiger partial charge < -0.3 is 9.84 Å². The van der Waals surface area contributed by atoms with E-state index in [2.05, 4.69) is 41.5 Å². The number of carboxylic acids is 1. The predicted octanol–water partition coefficient (Wildman–Crippen LogP) is 6.90. The second kappa shape index (κ2) is 7.82. The van der Waals surface area contributed by atoms with Gasteiger partial charge >= 0.3 is 11.9 Å². The molecule has 0 bridgehead atoms. The molecular formula is C32H46O5. The van der Waals surface area contributed by atoms with Gasteiger partial charge in [-0.1, -0.05) is 47.6 Å². The Kier molecular flexibility index (Phi) is 5.64. The Morgan fingerprint density at radius 3 is 2.16 bits per heavy atom. The van der Waals surface area contributed by atoms with Crippen molar-refractivity contribution in [1.82, 2.24) is 0 Å². The highest BCUT2D eigenvalue weighted by atomic mass is 16.5. The molecule has 1 N–H and O–H groups in total. The second-order valence-electron chi connectivity index (χ2n) is 15.0. The Morgan fingerprint density at radius 1 is 0.892 bits per heavy atom. The van der Waals surface area contributed by atoms with E-state index in [0.717, 1.165) is 56.1 Å². The molecule has 204 valence electrons. The number of allylic oxidation sites excluding steroid dienone is 3. The van der Waals surface area contributed by atoms with E-state index in [-0.39, 0.29) is 56.8 Å². The van der Waals surface area contributed by atoms with E-state index in [1.54, 1.807) is 0 Å². The van der Waals surface area contributed by atoms with Gasteiger partial charge in [0.05, 0.1) is 5.41 Å². The predicted molar refractivity (Wildman–Crippen MR) is 143 cm³/mol. The first-order valence-corrected chi connectivity index (χ1v) is 14.4. The van der Waals surface area contributed by atoms with Crippen LogP contribution in [0.4, 0.5) is 0 Å². The summed E-state index contributed by atoms with van der Waals surface area (Å²) in [7, 11) is 0. The molecular weight excluding hydrogens is 464 g/mol. The third-order valence-electron chi connectivity index (χ3n) is 12.7. The molecule has 5 nitrogen and oxygen atoms in total. The average Bonchev–Trinajstić information content (AvgIpc) is 2.78. The van der Waals surface area contributed by atoms with Crippen molar-refractivity contribution in [3.05, 3.63) is 23.3 Å². The third kappa shape index (κ3) is 3.37. The monoisotopic (exact) mass is 510 g/mol. The highest BCUT2D eigenvalue weighted by molar-refractivity contribution is 5.96. The molecule has 37 heavy (non-hydrogen) atoms. The van der Waals surface area contributed by atoms with Crippen molar-refractivity contribution in [2.75, 3.05) is 0 Å². The van der Waals surface area contributed by atoms with Crippen LogP contribution >= 0.6 is 0 Å². The molecule has 0 amide bonds. The standard InChI is InChI=1S/C32H46O5/c1-19(33)37-24-10-11-30(6)23(27(24,2)3)9-12-32(8)25(30)22(34)17-20-21-18-29(5,26(35)36)14-13-28(21,4)15-16-31(20,32)7/h17-18,23-25H,9-16H2,1-8H3,(H,35,36)/t23-,24-,25+,28+,29-,30-,31+,32+/m0/s1. The van der Waals surface area contributed by atoms with Crippen LogP contribution < -0.4 is 0 Å². The van der Waals surface area contributed by atoms with Crippen molar-refractivity contribution in [3.63, 3.8) is 0 Å². The van der Waals surface area contributed by atoms with Gasteiger partial charge in [-0.25, -0.2) is 0 Å². The zero-order chi connectivity index (χ0) is 27.4. The fourth-order valence-corrected chi connectivity index (χ4v) is 10.2. The lowest BCUT2D eigenvalue weighted by Gasteiger charge is -2.69. The molecule has 0 unspecified atom stereocenters. The van der Waals surface area contributed by atoms with Crippen molar-refractivity contribution in [2.45, 2.75) is 113 Å². The number of ether oxygens (including phenoxy) is 1. The minimum absolute atomic E-state index is 0.0744. The lowest BCUT2D eigenvalue weighted by atomic mass is 9.34. The topological polar surface area (TPSA) is 80.7 Å². The van der Waals surface area contributed by atoms with Crippen molar-refractivity contribution in [3.8, 4) is 0 Å². The van der Waals surface area contributed by atoms with Crippen LogP contribution in [0.25, 0.3) is 0 Å². The maximum Gasteiger partial charge on any atom is 0.313 e. The summed E-state index contributed by atoms with van der Waals surface area (Å²) in [6.07, 6.45) is 11.0. The summed E-state index contributed by atoms with van der Waals surface area (Å²) in [5, 5.41) is 10.0. The molecule has 0 aromatic heterocycles. The van der Waals surface area contributed by atoms with Gasteiger partial charge in [0.25, 0.3) is 0 Å². The van der Waals surface area contributed by atoms with Crippen molar-refractivity contribution < 1.29 is 24.2 Å². The molecule has 5 heteroatoms. The summed E-state index contributed by atoms with van der Waals surface area (Å²) in [4.78, 5) is 38.4. The Morgan fingerprint density at radius 2 is 1.54 bits per heavy atom. The van der Waals surface area contributed by atoms with E-state index in [0.29, 0.717) is 6.42 Å². The number of carbonyl (C=O) groups is 3. The van der Waals surface area contributed by atoms with Gasteiger partial charge in [0, 0.05) is 18.3 Å². The van der Waals surface area contributed by atoms with Gasteiger partial charge in [0.15, 0.2) is 5.78 Å². The van der Waals surface area contributed by atoms with Crippen LogP contribution in [0.1, 0.15) is 107 Å². The van der Waals surface area contributed by atoms with E-state index < -0.39 is 11.4 Å². The highest BCUT2D eigenvalue weighted by Crippen LogP contribution is 2.74. The fourth-order valence-electron chi connectivity index (χ4n) is 10.2. The smallest absolute Gasteiger partial charge is 0.313 e. The van der Waals surface area contributed by atoms with Gasteiger partial charge in [-0.3, -0.25) is 14.4 Å². The normalized spacial score (nSPS) is 48.3. The highest BCUT2D eigenvalue weighted by Gasteiger charge is 2.69. The SMILES string of the molecule is CC(=O)O[C@H]1CC[C@]2(C)[C@H]3C(=O)C=C4C5=C[C@@](C)(C(=O)O)CC[C@]5(C)CC[C@@]4(C)[C@]3(C)CC[C@H]2C1(C)C. The first-order chi connectivity index (χ1) is 16.9. The second-order valence-corrected chi connectivity index (χ2v) is 15.0. The van der Waals surface area contributed by atoms with Crippen LogP contribution in [0.3, 0.4) is 0 Å². The Balaban J connectivity index is 1.62. The number of rotatable bonds is 2. The number of aliphatic carboxylic acids is 1. The molecule has 0 spiro atoms. The van der Waals surface area contributed by atoms with Gasteiger partial charge in [0.1, 0.15) is 6.10 Å². The summed E-state index contributed by atoms with van der Waals surface area (Å²) in [6.45, 7) is 17.1. The Bertz CT molecular complexity index is 1130. The molecule has 0 radical (unpaired) electrons. The summed E-state index contributed by atoms with van der Waals surface area (Å²) < 4.78 is 5.81. The lowest BCUT2D eigenvalue weighted by Crippen LogP contribution is -2.66. The van der Waals surface area contributed by atoms with Gasteiger partial charge in [-0.05, 0) is 103 Å². The Hall–Kier alpha value is -1.91. The maximum absolute atomic E-state index is 14.3. The molecule has 0 heterocycles. The average molecular weight is 511 g/mol. The minimum atomic E-state index is -0.891. The first kappa shape index (κ1) is 26.7. The number of esters is 1. The Labute approximate surface area is 222 Å². The summed E-state index contributed by atoms with van der Waals surface area (Å²) in [6, 6.07) is 0. The van der Waals surface area contributed by atoms with Crippen LogP contribution in [0.15, 0.2) is 23.3 Å². The molecule has 0 aromatic rings. The van der Waals surface area contributed by atoms with E-state index in [1.165, 1.54) is 6.92 Å².